The Morgan fingerprint density at radius 3 is 2.43 bits per heavy atom. The predicted octanol–water partition coefficient (Wildman–Crippen LogP) is 4.06. The van der Waals surface area contributed by atoms with Crippen LogP contribution in [0.2, 0.25) is 0 Å². The summed E-state index contributed by atoms with van der Waals surface area (Å²) in [7, 11) is -3.32. The van der Waals surface area contributed by atoms with Gasteiger partial charge in [-0.05, 0) is 41.7 Å². The van der Waals surface area contributed by atoms with Crippen molar-refractivity contribution >= 4 is 26.6 Å². The van der Waals surface area contributed by atoms with E-state index < -0.39 is 9.84 Å². The van der Waals surface area contributed by atoms with Crippen LogP contribution in [-0.2, 0) is 15.3 Å². The molecule has 3 aromatic rings. The summed E-state index contributed by atoms with van der Waals surface area (Å²) in [5, 5.41) is 3.77. The molecule has 5 nitrogen and oxygen atoms in total. The number of fused-ring (bicyclic) bond motifs is 1. The molecule has 0 aliphatic carbocycles. The van der Waals surface area contributed by atoms with E-state index >= 15 is 0 Å². The van der Waals surface area contributed by atoms with E-state index in [4.69, 9.17) is 0 Å². The summed E-state index contributed by atoms with van der Waals surface area (Å²) in [5.41, 5.74) is 2.63. The summed E-state index contributed by atoms with van der Waals surface area (Å²) in [6.07, 6.45) is 0.359. The molecule has 3 rings (SSSR count). The fraction of sp³-hybridized carbons (Fsp3) is 0.318. The molecular formula is C22H26N2O3S. The summed E-state index contributed by atoms with van der Waals surface area (Å²) in [4.78, 5) is 15.9. The first-order chi connectivity index (χ1) is 13.2. The van der Waals surface area contributed by atoms with Crippen molar-refractivity contribution < 1.29 is 13.2 Å². The van der Waals surface area contributed by atoms with Crippen LogP contribution in [0.5, 0.6) is 0 Å². The van der Waals surface area contributed by atoms with Crippen LogP contribution in [-0.4, -0.2) is 31.6 Å². The van der Waals surface area contributed by atoms with E-state index in [0.717, 1.165) is 10.9 Å². The normalized spacial score (nSPS) is 12.2. The van der Waals surface area contributed by atoms with Gasteiger partial charge in [0.15, 0.2) is 9.84 Å². The zero-order valence-electron chi connectivity index (χ0n) is 16.5. The topological polar surface area (TPSA) is 79.0 Å². The average Bonchev–Trinajstić information content (AvgIpc) is 3.08. The molecule has 1 amide bonds. The van der Waals surface area contributed by atoms with Crippen molar-refractivity contribution in [2.24, 2.45) is 0 Å². The van der Waals surface area contributed by atoms with Gasteiger partial charge in [0.1, 0.15) is 5.69 Å². The second kappa shape index (κ2) is 7.80. The Kier molecular flexibility index (Phi) is 5.61. The summed E-state index contributed by atoms with van der Waals surface area (Å²) in [6, 6.07) is 16.3. The van der Waals surface area contributed by atoms with Crippen LogP contribution in [0.4, 0.5) is 0 Å². The van der Waals surface area contributed by atoms with Crippen LogP contribution < -0.4 is 5.32 Å². The van der Waals surface area contributed by atoms with Gasteiger partial charge >= 0.3 is 0 Å². The number of carbonyl (C=O) groups is 1. The van der Waals surface area contributed by atoms with Gasteiger partial charge < -0.3 is 10.3 Å². The van der Waals surface area contributed by atoms with Crippen LogP contribution in [0.3, 0.4) is 0 Å². The van der Waals surface area contributed by atoms with E-state index in [9.17, 15) is 13.2 Å². The first-order valence-electron chi connectivity index (χ1n) is 9.36. The lowest BCUT2D eigenvalue weighted by molar-refractivity contribution is 0.0949. The molecule has 28 heavy (non-hydrogen) atoms. The van der Waals surface area contributed by atoms with Crippen molar-refractivity contribution in [3.05, 3.63) is 65.9 Å². The van der Waals surface area contributed by atoms with E-state index in [0.29, 0.717) is 23.6 Å². The fourth-order valence-electron chi connectivity index (χ4n) is 3.02. The molecule has 2 N–H and O–H groups in total. The maximum absolute atomic E-state index is 12.4. The highest BCUT2D eigenvalue weighted by Crippen LogP contribution is 2.26. The molecule has 0 fully saturated rings. The first kappa shape index (κ1) is 20.1. The number of aromatic amines is 1. The zero-order chi connectivity index (χ0) is 20.4. The molecule has 0 unspecified atom stereocenters. The third-order valence-corrected chi connectivity index (χ3v) is 6.53. The predicted molar refractivity (Wildman–Crippen MR) is 112 cm³/mol. The summed E-state index contributed by atoms with van der Waals surface area (Å²) in [5.74, 6) is -0.232. The molecule has 1 aromatic heterocycles. The van der Waals surface area contributed by atoms with Crippen molar-refractivity contribution in [2.45, 2.75) is 37.5 Å². The van der Waals surface area contributed by atoms with Crippen molar-refractivity contribution in [1.29, 1.82) is 0 Å². The third-order valence-electron chi connectivity index (χ3n) is 4.71. The van der Waals surface area contributed by atoms with Crippen molar-refractivity contribution in [3.63, 3.8) is 0 Å². The van der Waals surface area contributed by atoms with Crippen molar-refractivity contribution in [1.82, 2.24) is 10.3 Å². The Bertz CT molecular complexity index is 1080. The largest absolute Gasteiger partial charge is 0.351 e. The lowest BCUT2D eigenvalue weighted by Gasteiger charge is -2.18. The Morgan fingerprint density at radius 1 is 1.04 bits per heavy atom. The molecule has 0 aliphatic rings. The molecule has 6 heteroatoms. The number of hydrogen-bond acceptors (Lipinski definition) is 3. The van der Waals surface area contributed by atoms with Gasteiger partial charge in [-0.1, -0.05) is 51.1 Å². The van der Waals surface area contributed by atoms with Crippen LogP contribution in [0.1, 0.15) is 43.2 Å². The van der Waals surface area contributed by atoms with Gasteiger partial charge in [-0.15, -0.1) is 0 Å². The Morgan fingerprint density at radius 2 is 1.75 bits per heavy atom. The molecule has 148 valence electrons. The minimum absolute atomic E-state index is 0.00105. The van der Waals surface area contributed by atoms with E-state index in [1.54, 1.807) is 30.3 Å². The van der Waals surface area contributed by atoms with Crippen LogP contribution in [0.25, 0.3) is 10.9 Å². The number of nitrogens with one attached hydrogen (secondary N) is 2. The molecule has 2 aromatic carbocycles. The molecule has 0 atom stereocenters. The van der Waals surface area contributed by atoms with E-state index in [1.165, 1.54) is 5.56 Å². The lowest BCUT2D eigenvalue weighted by atomic mass is 9.87. The van der Waals surface area contributed by atoms with Crippen LogP contribution >= 0.6 is 0 Å². The summed E-state index contributed by atoms with van der Waals surface area (Å²) < 4.78 is 24.5. The molecule has 0 radical (unpaired) electrons. The Balaban J connectivity index is 1.59. The Hall–Kier alpha value is -2.60. The van der Waals surface area contributed by atoms with Gasteiger partial charge in [-0.25, -0.2) is 8.42 Å². The average molecular weight is 399 g/mol. The van der Waals surface area contributed by atoms with E-state index in [1.807, 2.05) is 12.1 Å². The number of carbonyl (C=O) groups excluding carboxylic acids is 1. The molecule has 0 saturated heterocycles. The fourth-order valence-corrected chi connectivity index (χ4v) is 4.35. The Labute approximate surface area is 166 Å². The SMILES string of the molecule is CC(C)(C)c1ccc2cc(C(=O)NCCCS(=O)(=O)c3ccccc3)[nH]c2c1. The number of aromatic nitrogens is 1. The highest BCUT2D eigenvalue weighted by atomic mass is 32.2. The molecule has 1 heterocycles. The number of H-pyrrole nitrogens is 1. The van der Waals surface area contributed by atoms with Crippen molar-refractivity contribution in [3.8, 4) is 0 Å². The van der Waals surface area contributed by atoms with Gasteiger partial charge in [0.05, 0.1) is 10.6 Å². The van der Waals surface area contributed by atoms with Crippen molar-refractivity contribution in [2.75, 3.05) is 12.3 Å². The van der Waals surface area contributed by atoms with E-state index in [2.05, 4.69) is 43.2 Å². The lowest BCUT2D eigenvalue weighted by Crippen LogP contribution is -2.26. The summed E-state index contributed by atoms with van der Waals surface area (Å²) in [6.45, 7) is 6.74. The minimum Gasteiger partial charge on any atom is -0.351 e. The zero-order valence-corrected chi connectivity index (χ0v) is 17.3. The smallest absolute Gasteiger partial charge is 0.267 e. The highest BCUT2D eigenvalue weighted by Gasteiger charge is 2.16. The quantitative estimate of drug-likeness (QED) is 0.615. The van der Waals surface area contributed by atoms with Gasteiger partial charge in [0, 0.05) is 17.4 Å². The molecule has 0 saturated carbocycles. The monoisotopic (exact) mass is 398 g/mol. The van der Waals surface area contributed by atoms with Gasteiger partial charge in [-0.2, -0.15) is 0 Å². The first-order valence-corrected chi connectivity index (χ1v) is 11.0. The maximum Gasteiger partial charge on any atom is 0.267 e. The van der Waals surface area contributed by atoms with Gasteiger partial charge in [0.2, 0.25) is 0 Å². The third kappa shape index (κ3) is 4.62. The maximum atomic E-state index is 12.4. The number of hydrogen-bond donors (Lipinski definition) is 2. The summed E-state index contributed by atoms with van der Waals surface area (Å²) >= 11 is 0. The number of rotatable bonds is 6. The van der Waals surface area contributed by atoms with Crippen LogP contribution in [0.15, 0.2) is 59.5 Å². The van der Waals surface area contributed by atoms with Gasteiger partial charge in [0.25, 0.3) is 5.91 Å². The standard InChI is InChI=1S/C22H26N2O3S/c1-22(2,3)17-11-10-16-14-20(24-19(16)15-17)21(25)23-12-7-13-28(26,27)18-8-5-4-6-9-18/h4-6,8-11,14-15,24H,7,12-13H2,1-3H3,(H,23,25). The minimum atomic E-state index is -3.32. The molecule has 0 spiro atoms. The number of benzene rings is 2. The molecule has 0 bridgehead atoms. The number of sulfone groups is 1. The van der Waals surface area contributed by atoms with E-state index in [-0.39, 0.29) is 17.1 Å². The molecular weight excluding hydrogens is 372 g/mol. The number of amides is 1. The molecule has 0 aliphatic heterocycles. The second-order valence-electron chi connectivity index (χ2n) is 7.98. The van der Waals surface area contributed by atoms with Gasteiger partial charge in [-0.3, -0.25) is 4.79 Å². The van der Waals surface area contributed by atoms with Crippen LogP contribution in [0, 0.1) is 0 Å². The second-order valence-corrected chi connectivity index (χ2v) is 10.1. The highest BCUT2D eigenvalue weighted by molar-refractivity contribution is 7.91.